The Morgan fingerprint density at radius 2 is 2.09 bits per heavy atom. The van der Waals surface area contributed by atoms with Gasteiger partial charge in [-0.1, -0.05) is 50.2 Å². The molecular formula is C18H23N3O2. The van der Waals surface area contributed by atoms with Gasteiger partial charge in [-0.2, -0.15) is 4.98 Å². The van der Waals surface area contributed by atoms with Crippen LogP contribution in [0.1, 0.15) is 56.9 Å². The number of likely N-dealkylation sites (tertiary alicyclic amines) is 1. The van der Waals surface area contributed by atoms with Gasteiger partial charge in [-0.05, 0) is 17.9 Å². The molecule has 0 spiro atoms. The van der Waals surface area contributed by atoms with Crippen LogP contribution in [-0.4, -0.2) is 34.0 Å². The Kier molecular flexibility index (Phi) is 4.46. The zero-order valence-corrected chi connectivity index (χ0v) is 14.0. The minimum Gasteiger partial charge on any atom is -0.342 e. The molecule has 0 aliphatic carbocycles. The summed E-state index contributed by atoms with van der Waals surface area (Å²) in [5.74, 6) is 2.11. The molecule has 122 valence electrons. The molecule has 1 aliphatic rings. The average molecular weight is 313 g/mol. The molecule has 0 N–H and O–H groups in total. The molecule has 1 aromatic heterocycles. The van der Waals surface area contributed by atoms with E-state index in [1.165, 1.54) is 5.56 Å². The topological polar surface area (TPSA) is 59.2 Å². The molecule has 2 aromatic rings. The Balaban J connectivity index is 1.72. The summed E-state index contributed by atoms with van der Waals surface area (Å²) in [6.07, 6.45) is 1.43. The first kappa shape index (κ1) is 15.7. The lowest BCUT2D eigenvalue weighted by molar-refractivity contribution is -0.129. The van der Waals surface area contributed by atoms with Gasteiger partial charge in [0.1, 0.15) is 0 Å². The minimum absolute atomic E-state index is 0.154. The highest BCUT2D eigenvalue weighted by Crippen LogP contribution is 2.28. The van der Waals surface area contributed by atoms with E-state index < -0.39 is 0 Å². The maximum Gasteiger partial charge on any atom is 0.231 e. The summed E-state index contributed by atoms with van der Waals surface area (Å²) in [5, 5.41) is 4.11. The number of rotatable bonds is 4. The molecule has 1 aliphatic heterocycles. The number of hydrogen-bond donors (Lipinski definition) is 0. The molecule has 1 fully saturated rings. The van der Waals surface area contributed by atoms with Crippen molar-refractivity contribution in [2.75, 3.05) is 13.1 Å². The minimum atomic E-state index is 0.154. The van der Waals surface area contributed by atoms with E-state index in [0.29, 0.717) is 30.6 Å². The zero-order chi connectivity index (χ0) is 16.4. The van der Waals surface area contributed by atoms with Crippen molar-refractivity contribution in [3.8, 4) is 11.4 Å². The van der Waals surface area contributed by atoms with Crippen LogP contribution in [0, 0.1) is 0 Å². The van der Waals surface area contributed by atoms with E-state index in [9.17, 15) is 4.79 Å². The predicted molar refractivity (Wildman–Crippen MR) is 88.1 cm³/mol. The molecule has 0 saturated carbocycles. The third kappa shape index (κ3) is 3.28. The summed E-state index contributed by atoms with van der Waals surface area (Å²) in [4.78, 5) is 18.2. The molecule has 0 bridgehead atoms. The maximum atomic E-state index is 11.8. The molecule has 1 saturated heterocycles. The smallest absolute Gasteiger partial charge is 0.231 e. The van der Waals surface area contributed by atoms with Gasteiger partial charge in [-0.15, -0.1) is 0 Å². The Hall–Kier alpha value is -2.17. The van der Waals surface area contributed by atoms with E-state index in [-0.39, 0.29) is 11.8 Å². The number of carbonyl (C=O) groups excluding carboxylic acids is 1. The van der Waals surface area contributed by atoms with Crippen molar-refractivity contribution in [3.63, 3.8) is 0 Å². The molecule has 5 nitrogen and oxygen atoms in total. The number of carbonyl (C=O) groups is 1. The first-order valence-electron chi connectivity index (χ1n) is 8.30. The largest absolute Gasteiger partial charge is 0.342 e. The molecular weight excluding hydrogens is 290 g/mol. The number of aromatic nitrogens is 2. The van der Waals surface area contributed by atoms with Crippen molar-refractivity contribution in [1.29, 1.82) is 0 Å². The number of benzene rings is 1. The Bertz CT molecular complexity index is 676. The molecule has 5 heteroatoms. The van der Waals surface area contributed by atoms with Gasteiger partial charge in [-0.25, -0.2) is 0 Å². The highest BCUT2D eigenvalue weighted by Gasteiger charge is 2.30. The van der Waals surface area contributed by atoms with Crippen LogP contribution in [0.2, 0.25) is 0 Å². The van der Waals surface area contributed by atoms with Crippen molar-refractivity contribution in [3.05, 3.63) is 35.7 Å². The number of hydrogen-bond acceptors (Lipinski definition) is 4. The van der Waals surface area contributed by atoms with Gasteiger partial charge in [0.2, 0.25) is 17.6 Å². The second kappa shape index (κ2) is 6.52. The highest BCUT2D eigenvalue weighted by molar-refractivity contribution is 5.76. The second-order valence-corrected chi connectivity index (χ2v) is 6.41. The monoisotopic (exact) mass is 313 g/mol. The fourth-order valence-electron chi connectivity index (χ4n) is 2.95. The Morgan fingerprint density at radius 3 is 2.74 bits per heavy atom. The Morgan fingerprint density at radius 1 is 1.35 bits per heavy atom. The maximum absolute atomic E-state index is 11.8. The van der Waals surface area contributed by atoms with Crippen molar-refractivity contribution in [2.24, 2.45) is 0 Å². The van der Waals surface area contributed by atoms with Crippen LogP contribution in [0.5, 0.6) is 0 Å². The first-order chi connectivity index (χ1) is 11.1. The van der Waals surface area contributed by atoms with Crippen LogP contribution in [0.25, 0.3) is 11.4 Å². The van der Waals surface area contributed by atoms with E-state index in [2.05, 4.69) is 36.1 Å². The summed E-state index contributed by atoms with van der Waals surface area (Å²) in [6, 6.07) is 8.28. The third-order valence-electron chi connectivity index (χ3n) is 4.47. The first-order valence-corrected chi connectivity index (χ1v) is 8.30. The lowest BCUT2D eigenvalue weighted by Gasteiger charge is -2.13. The van der Waals surface area contributed by atoms with Gasteiger partial charge in [-0.3, -0.25) is 4.79 Å². The predicted octanol–water partition coefficient (Wildman–Crippen LogP) is 3.59. The molecule has 1 aromatic carbocycles. The van der Waals surface area contributed by atoms with Gasteiger partial charge in [0.25, 0.3) is 0 Å². The van der Waals surface area contributed by atoms with Gasteiger partial charge in [0, 0.05) is 25.1 Å². The summed E-state index contributed by atoms with van der Waals surface area (Å²) in [6.45, 7) is 7.69. The highest BCUT2D eigenvalue weighted by atomic mass is 16.5. The van der Waals surface area contributed by atoms with Crippen molar-refractivity contribution < 1.29 is 9.32 Å². The molecule has 0 unspecified atom stereocenters. The van der Waals surface area contributed by atoms with Crippen LogP contribution in [0.4, 0.5) is 0 Å². The van der Waals surface area contributed by atoms with Gasteiger partial charge >= 0.3 is 0 Å². The van der Waals surface area contributed by atoms with E-state index in [1.54, 1.807) is 0 Å². The fourth-order valence-corrected chi connectivity index (χ4v) is 2.95. The summed E-state index contributed by atoms with van der Waals surface area (Å²) in [7, 11) is 0. The number of amides is 1. The van der Waals surface area contributed by atoms with E-state index in [0.717, 1.165) is 18.5 Å². The van der Waals surface area contributed by atoms with Crippen LogP contribution >= 0.6 is 0 Å². The van der Waals surface area contributed by atoms with E-state index in [1.807, 2.05) is 24.0 Å². The molecule has 1 atom stereocenters. The van der Waals surface area contributed by atoms with E-state index in [4.69, 9.17) is 4.52 Å². The van der Waals surface area contributed by atoms with Crippen molar-refractivity contribution in [2.45, 2.75) is 45.4 Å². The van der Waals surface area contributed by atoms with Crippen LogP contribution in [0.3, 0.4) is 0 Å². The SMILES string of the molecule is CCC(=O)N1CC[C@@H](c2nc(-c3ccc(C(C)C)cc3)no2)C1. The lowest BCUT2D eigenvalue weighted by atomic mass is 10.0. The molecule has 23 heavy (non-hydrogen) atoms. The summed E-state index contributed by atoms with van der Waals surface area (Å²) in [5.41, 5.74) is 2.26. The molecule has 0 radical (unpaired) electrons. The van der Waals surface area contributed by atoms with Gasteiger partial charge < -0.3 is 9.42 Å². The van der Waals surface area contributed by atoms with Gasteiger partial charge in [0.05, 0.1) is 5.92 Å². The van der Waals surface area contributed by atoms with Crippen LogP contribution in [0.15, 0.2) is 28.8 Å². The fraction of sp³-hybridized carbons (Fsp3) is 0.500. The van der Waals surface area contributed by atoms with Crippen molar-refractivity contribution in [1.82, 2.24) is 15.0 Å². The molecule has 3 rings (SSSR count). The standard InChI is InChI=1S/C18H23N3O2/c1-4-16(22)21-10-9-15(11-21)18-19-17(20-23-18)14-7-5-13(6-8-14)12(2)3/h5-8,12,15H,4,9-11H2,1-3H3/t15-/m1/s1. The number of nitrogens with zero attached hydrogens (tertiary/aromatic N) is 3. The summed E-state index contributed by atoms with van der Waals surface area (Å²) >= 11 is 0. The lowest BCUT2D eigenvalue weighted by Crippen LogP contribution is -2.27. The zero-order valence-electron chi connectivity index (χ0n) is 14.0. The van der Waals surface area contributed by atoms with Crippen LogP contribution in [-0.2, 0) is 4.79 Å². The van der Waals surface area contributed by atoms with E-state index >= 15 is 0 Å². The quantitative estimate of drug-likeness (QED) is 0.865. The molecule has 1 amide bonds. The summed E-state index contributed by atoms with van der Waals surface area (Å²) < 4.78 is 5.44. The third-order valence-corrected chi connectivity index (χ3v) is 4.47. The normalized spacial score (nSPS) is 17.9. The molecule has 2 heterocycles. The van der Waals surface area contributed by atoms with Crippen LogP contribution < -0.4 is 0 Å². The second-order valence-electron chi connectivity index (χ2n) is 6.41. The Labute approximate surface area is 136 Å². The van der Waals surface area contributed by atoms with Crippen molar-refractivity contribution >= 4 is 5.91 Å². The van der Waals surface area contributed by atoms with Gasteiger partial charge in [0.15, 0.2) is 0 Å². The average Bonchev–Trinajstić information content (AvgIpc) is 3.23.